The van der Waals surface area contributed by atoms with Crippen LogP contribution in [0.5, 0.6) is 0 Å². The van der Waals surface area contributed by atoms with Gasteiger partial charge < -0.3 is 18.7 Å². The maximum Gasteiger partial charge on any atom is 0.376 e. The van der Waals surface area contributed by atoms with E-state index in [0.717, 1.165) is 25.8 Å². The summed E-state index contributed by atoms with van der Waals surface area (Å²) in [4.78, 5) is 20.8. The van der Waals surface area contributed by atoms with Crippen molar-refractivity contribution in [1.29, 1.82) is 0 Å². The number of aliphatic hydroxyl groups is 1. The molecule has 4 rings (SSSR count). The lowest BCUT2D eigenvalue weighted by Crippen LogP contribution is -2.07. The molecule has 0 radical (unpaired) electrons. The molecule has 37 heavy (non-hydrogen) atoms. The smallest absolute Gasteiger partial charge is 0.376 e. The maximum absolute atomic E-state index is 11.9. The van der Waals surface area contributed by atoms with E-state index in [1.807, 2.05) is 76.2 Å². The average Bonchev–Trinajstić information content (AvgIpc) is 3.51. The molecule has 2 heterocycles. The van der Waals surface area contributed by atoms with Crippen LogP contribution in [0.4, 0.5) is 0 Å². The Balaban J connectivity index is 0.000000208. The number of hydrogen-bond acceptors (Lipinski definition) is 7. The highest BCUT2D eigenvalue weighted by Crippen LogP contribution is 2.29. The zero-order valence-electron chi connectivity index (χ0n) is 21.4. The number of oxazole rings is 2. The summed E-state index contributed by atoms with van der Waals surface area (Å²) >= 11 is 6.76. The van der Waals surface area contributed by atoms with E-state index in [1.54, 1.807) is 6.92 Å². The highest BCUT2D eigenvalue weighted by Gasteiger charge is 2.24. The summed E-state index contributed by atoms with van der Waals surface area (Å²) in [7, 11) is 0. The molecule has 0 atom stereocenters. The van der Waals surface area contributed by atoms with Crippen LogP contribution in [0.25, 0.3) is 22.9 Å². The number of aliphatic hydroxyl groups excluding tert-OH is 1. The Morgan fingerprint density at radius 3 is 1.70 bits per heavy atom. The Hall–Kier alpha value is -2.75. The summed E-state index contributed by atoms with van der Waals surface area (Å²) in [5.41, 5.74) is 3.19. The van der Waals surface area contributed by atoms with Crippen molar-refractivity contribution in [2.45, 2.75) is 53.1 Å². The third kappa shape index (κ3) is 7.40. The lowest BCUT2D eigenvalue weighted by Gasteiger charge is -2.02. The fraction of sp³-hybridized carbons (Fsp3) is 0.321. The summed E-state index contributed by atoms with van der Waals surface area (Å²) in [6.45, 7) is 9.95. The predicted octanol–water partition coefficient (Wildman–Crippen LogP) is 8.12. The molecule has 0 bridgehead atoms. The van der Waals surface area contributed by atoms with E-state index >= 15 is 0 Å². The van der Waals surface area contributed by atoms with E-state index in [9.17, 15) is 9.90 Å². The van der Waals surface area contributed by atoms with Crippen molar-refractivity contribution in [3.63, 3.8) is 0 Å². The maximum atomic E-state index is 11.9. The number of aromatic nitrogens is 2. The quantitative estimate of drug-likeness (QED) is 0.205. The van der Waals surface area contributed by atoms with Crippen LogP contribution in [0.2, 0.25) is 0 Å². The molecule has 196 valence electrons. The van der Waals surface area contributed by atoms with Crippen molar-refractivity contribution in [1.82, 2.24) is 9.97 Å². The molecule has 0 saturated heterocycles. The van der Waals surface area contributed by atoms with E-state index in [2.05, 4.69) is 41.8 Å². The van der Waals surface area contributed by atoms with Gasteiger partial charge in [0.05, 0.1) is 18.0 Å². The normalized spacial score (nSPS) is 11.0. The van der Waals surface area contributed by atoms with Crippen LogP contribution in [-0.2, 0) is 11.3 Å². The summed E-state index contributed by atoms with van der Waals surface area (Å²) < 4.78 is 18.2. The van der Waals surface area contributed by atoms with Crippen LogP contribution in [0.15, 0.2) is 66.3 Å². The number of benzene rings is 2. The van der Waals surface area contributed by atoms with Crippen molar-refractivity contribution in [3.05, 3.63) is 80.4 Å². The van der Waals surface area contributed by atoms with Crippen LogP contribution in [-0.4, -0.2) is 27.7 Å². The second kappa shape index (κ2) is 13.2. The highest BCUT2D eigenvalue weighted by molar-refractivity contribution is 9.10. The molecule has 0 saturated carbocycles. The van der Waals surface area contributed by atoms with Gasteiger partial charge in [-0.05, 0) is 67.3 Å². The van der Waals surface area contributed by atoms with Gasteiger partial charge in [0.2, 0.25) is 17.5 Å². The molecule has 0 spiro atoms. The number of ether oxygens (including phenoxy) is 1. The van der Waals surface area contributed by atoms with E-state index in [4.69, 9.17) is 13.6 Å². The first kappa shape index (κ1) is 28.8. The SMILES string of the molecule is CC(C)c1nc(-c2ccc(Br)cc2)oc1CO.CCOC(=O)c1oc(-c2ccc(Br)cc2)nc1C(C)C. The summed E-state index contributed by atoms with van der Waals surface area (Å²) in [5.74, 6) is 1.60. The monoisotopic (exact) mass is 632 g/mol. The second-order valence-electron chi connectivity index (χ2n) is 8.76. The topological polar surface area (TPSA) is 98.6 Å². The molecule has 7 nitrogen and oxygen atoms in total. The van der Waals surface area contributed by atoms with Gasteiger partial charge in [-0.15, -0.1) is 0 Å². The zero-order chi connectivity index (χ0) is 27.1. The molecular weight excluding hydrogens is 604 g/mol. The van der Waals surface area contributed by atoms with Gasteiger partial charge in [-0.2, -0.15) is 0 Å². The van der Waals surface area contributed by atoms with Crippen LogP contribution >= 0.6 is 31.9 Å². The fourth-order valence-corrected chi connectivity index (χ4v) is 3.95. The molecule has 9 heteroatoms. The van der Waals surface area contributed by atoms with Crippen molar-refractivity contribution in [2.75, 3.05) is 6.61 Å². The number of carbonyl (C=O) groups is 1. The van der Waals surface area contributed by atoms with Crippen molar-refractivity contribution in [2.24, 2.45) is 0 Å². The van der Waals surface area contributed by atoms with Gasteiger partial charge in [-0.1, -0.05) is 59.6 Å². The van der Waals surface area contributed by atoms with Gasteiger partial charge in [-0.3, -0.25) is 0 Å². The van der Waals surface area contributed by atoms with Gasteiger partial charge in [0.15, 0.2) is 5.76 Å². The van der Waals surface area contributed by atoms with Crippen LogP contribution in [0.1, 0.15) is 74.2 Å². The molecule has 0 aliphatic heterocycles. The van der Waals surface area contributed by atoms with E-state index in [1.165, 1.54) is 0 Å². The molecule has 2 aromatic heterocycles. The van der Waals surface area contributed by atoms with E-state index < -0.39 is 5.97 Å². The third-order valence-corrected chi connectivity index (χ3v) is 6.32. The van der Waals surface area contributed by atoms with Gasteiger partial charge in [0, 0.05) is 20.1 Å². The zero-order valence-corrected chi connectivity index (χ0v) is 24.6. The highest BCUT2D eigenvalue weighted by atomic mass is 79.9. The van der Waals surface area contributed by atoms with Crippen molar-refractivity contribution < 1.29 is 23.5 Å². The predicted molar refractivity (Wildman–Crippen MR) is 149 cm³/mol. The lowest BCUT2D eigenvalue weighted by molar-refractivity contribution is 0.0488. The first-order valence-electron chi connectivity index (χ1n) is 11.9. The summed E-state index contributed by atoms with van der Waals surface area (Å²) in [6.07, 6.45) is 0. The van der Waals surface area contributed by atoms with E-state index in [-0.39, 0.29) is 24.2 Å². The van der Waals surface area contributed by atoms with Crippen molar-refractivity contribution >= 4 is 37.8 Å². The van der Waals surface area contributed by atoms with Crippen LogP contribution in [0.3, 0.4) is 0 Å². The fourth-order valence-electron chi connectivity index (χ4n) is 3.43. The largest absolute Gasteiger partial charge is 0.460 e. The molecule has 0 unspecified atom stereocenters. The second-order valence-corrected chi connectivity index (χ2v) is 10.6. The molecule has 4 aromatic rings. The first-order valence-corrected chi connectivity index (χ1v) is 13.5. The van der Waals surface area contributed by atoms with Gasteiger partial charge >= 0.3 is 5.97 Å². The first-order chi connectivity index (χ1) is 17.6. The minimum absolute atomic E-state index is 0.0855. The number of rotatable bonds is 7. The lowest BCUT2D eigenvalue weighted by atomic mass is 10.1. The Morgan fingerprint density at radius 2 is 1.30 bits per heavy atom. The number of esters is 1. The molecule has 1 N–H and O–H groups in total. The molecular formula is C28H30Br2N2O5. The standard InChI is InChI=1S/C15H16BrNO3.C13H14BrNO2/c1-4-19-15(18)13-12(9(2)3)17-14(20-13)10-5-7-11(16)8-6-10;1-8(2)12-11(7-16)17-13(15-12)9-3-5-10(14)6-4-9/h5-9H,4H2,1-3H3;3-6,8,16H,7H2,1-2H3. The Kier molecular flexibility index (Phi) is 10.3. The Labute approximate surface area is 233 Å². The minimum atomic E-state index is -0.466. The number of nitrogens with zero attached hydrogens (tertiary/aromatic N) is 2. The Morgan fingerprint density at radius 1 is 0.838 bits per heavy atom. The Bertz CT molecular complexity index is 1310. The van der Waals surface area contributed by atoms with Crippen LogP contribution < -0.4 is 0 Å². The van der Waals surface area contributed by atoms with Gasteiger partial charge in [0.1, 0.15) is 6.61 Å². The molecule has 0 amide bonds. The molecule has 0 aliphatic rings. The third-order valence-electron chi connectivity index (χ3n) is 5.26. The molecule has 0 aliphatic carbocycles. The molecule has 0 fully saturated rings. The number of carbonyl (C=O) groups excluding carboxylic acids is 1. The molecule has 2 aromatic carbocycles. The number of hydrogen-bond donors (Lipinski definition) is 1. The summed E-state index contributed by atoms with van der Waals surface area (Å²) in [5, 5.41) is 9.23. The minimum Gasteiger partial charge on any atom is -0.460 e. The van der Waals surface area contributed by atoms with Gasteiger partial charge in [0.25, 0.3) is 0 Å². The van der Waals surface area contributed by atoms with Crippen LogP contribution in [0, 0.1) is 0 Å². The van der Waals surface area contributed by atoms with E-state index in [0.29, 0.717) is 29.8 Å². The van der Waals surface area contributed by atoms with Crippen molar-refractivity contribution in [3.8, 4) is 22.9 Å². The average molecular weight is 634 g/mol. The number of halogens is 2. The summed E-state index contributed by atoms with van der Waals surface area (Å²) in [6, 6.07) is 15.3. The van der Waals surface area contributed by atoms with Gasteiger partial charge in [-0.25, -0.2) is 14.8 Å².